The van der Waals surface area contributed by atoms with Gasteiger partial charge >= 0.3 is 0 Å². The average molecular weight is 419 g/mol. The number of hydrogen-bond donors (Lipinski definition) is 2. The number of hydrogen-bond acceptors (Lipinski definition) is 5. The van der Waals surface area contributed by atoms with Crippen molar-refractivity contribution in [2.75, 3.05) is 0 Å². The molecule has 8 heteroatoms. The Morgan fingerprint density at radius 2 is 2.10 bits per heavy atom. The Morgan fingerprint density at radius 3 is 2.93 bits per heavy atom. The highest BCUT2D eigenvalue weighted by Crippen LogP contribution is 2.21. The summed E-state index contributed by atoms with van der Waals surface area (Å²) in [6, 6.07) is 14.2. The van der Waals surface area contributed by atoms with Gasteiger partial charge in [0.25, 0.3) is 5.91 Å². The minimum Gasteiger partial charge on any atom is -0.348 e. The van der Waals surface area contributed by atoms with Crippen LogP contribution in [0.2, 0.25) is 0 Å². The lowest BCUT2D eigenvalue weighted by Gasteiger charge is -2.15. The molecular formula is C22H22N6OS. The third-order valence-electron chi connectivity index (χ3n) is 5.50. The number of nitrogens with one attached hydrogen (secondary N) is 2. The molecule has 4 aromatic rings. The number of thiophene rings is 1. The smallest absolute Gasteiger partial charge is 0.269 e. The molecule has 0 bridgehead atoms. The van der Waals surface area contributed by atoms with E-state index in [0.717, 1.165) is 55.1 Å². The van der Waals surface area contributed by atoms with Gasteiger partial charge in [-0.05, 0) is 35.9 Å². The van der Waals surface area contributed by atoms with Gasteiger partial charge < -0.3 is 9.88 Å². The van der Waals surface area contributed by atoms with Crippen molar-refractivity contribution < 1.29 is 4.79 Å². The molecule has 0 saturated heterocycles. The minimum absolute atomic E-state index is 0.0941. The fourth-order valence-electron chi connectivity index (χ4n) is 3.86. The van der Waals surface area contributed by atoms with Crippen LogP contribution in [0.15, 0.2) is 53.2 Å². The molecule has 152 valence electrons. The van der Waals surface area contributed by atoms with E-state index in [9.17, 15) is 4.79 Å². The first kappa shape index (κ1) is 18.7. The maximum atomic E-state index is 12.7. The second kappa shape index (κ2) is 8.23. The van der Waals surface area contributed by atoms with Gasteiger partial charge in [0.05, 0.1) is 5.69 Å². The van der Waals surface area contributed by atoms with Crippen LogP contribution in [0.1, 0.15) is 40.5 Å². The normalized spacial score (nSPS) is 16.1. The number of nitrogens with zero attached hydrogens (tertiary/aromatic N) is 4. The molecule has 1 unspecified atom stereocenters. The summed E-state index contributed by atoms with van der Waals surface area (Å²) in [4.78, 5) is 12.7. The molecule has 5 rings (SSSR count). The second-order valence-electron chi connectivity index (χ2n) is 7.52. The molecule has 1 aliphatic rings. The first-order chi connectivity index (χ1) is 14.8. The molecule has 30 heavy (non-hydrogen) atoms. The van der Waals surface area contributed by atoms with Crippen LogP contribution in [0, 0.1) is 0 Å². The Kier molecular flexibility index (Phi) is 5.15. The van der Waals surface area contributed by atoms with Crippen molar-refractivity contribution in [3.8, 4) is 11.3 Å². The molecular weight excluding hydrogens is 396 g/mol. The summed E-state index contributed by atoms with van der Waals surface area (Å²) in [7, 11) is 0. The number of H-pyrrole nitrogens is 1. The molecule has 1 aliphatic heterocycles. The number of aromatic nitrogens is 5. The van der Waals surface area contributed by atoms with Gasteiger partial charge in [-0.25, -0.2) is 0 Å². The molecule has 7 nitrogen and oxygen atoms in total. The summed E-state index contributed by atoms with van der Waals surface area (Å²) < 4.78 is 2.21. The number of benzene rings is 1. The van der Waals surface area contributed by atoms with Crippen LogP contribution >= 0.6 is 11.3 Å². The lowest BCUT2D eigenvalue weighted by atomic mass is 10.1. The summed E-state index contributed by atoms with van der Waals surface area (Å²) >= 11 is 1.61. The van der Waals surface area contributed by atoms with E-state index in [4.69, 9.17) is 0 Å². The number of rotatable bonds is 5. The highest BCUT2D eigenvalue weighted by molar-refractivity contribution is 7.08. The molecule has 0 spiro atoms. The van der Waals surface area contributed by atoms with E-state index in [-0.39, 0.29) is 11.9 Å². The quantitative estimate of drug-likeness (QED) is 0.520. The molecule has 1 aromatic carbocycles. The zero-order chi connectivity index (χ0) is 20.3. The number of carbonyl (C=O) groups excluding carboxylic acids is 1. The number of fused-ring (bicyclic) bond motifs is 1. The van der Waals surface area contributed by atoms with E-state index < -0.39 is 0 Å². The van der Waals surface area contributed by atoms with E-state index in [1.54, 1.807) is 17.4 Å². The van der Waals surface area contributed by atoms with Gasteiger partial charge in [-0.1, -0.05) is 30.3 Å². The molecule has 2 N–H and O–H groups in total. The Bertz CT molecular complexity index is 1130. The van der Waals surface area contributed by atoms with Gasteiger partial charge in [0.2, 0.25) is 0 Å². The lowest BCUT2D eigenvalue weighted by Crippen LogP contribution is -2.35. The highest BCUT2D eigenvalue weighted by atomic mass is 32.1. The number of carbonyl (C=O) groups is 1. The van der Waals surface area contributed by atoms with Crippen molar-refractivity contribution >= 4 is 17.2 Å². The Hall–Kier alpha value is -3.26. The lowest BCUT2D eigenvalue weighted by molar-refractivity contribution is 0.0928. The number of amides is 1. The summed E-state index contributed by atoms with van der Waals surface area (Å²) in [6.07, 6.45) is 3.27. The van der Waals surface area contributed by atoms with E-state index in [1.807, 2.05) is 35.0 Å². The Morgan fingerprint density at radius 1 is 1.20 bits per heavy atom. The SMILES string of the molecule is O=C(NC1CCc2nnc(Cc3ccccc3)n2CC1)c1cc(-c2ccsc2)n[nH]1. The predicted octanol–water partition coefficient (Wildman–Crippen LogP) is 3.46. The molecule has 0 radical (unpaired) electrons. The third-order valence-corrected chi connectivity index (χ3v) is 6.18. The molecule has 0 aliphatic carbocycles. The fraction of sp³-hybridized carbons (Fsp3) is 0.273. The van der Waals surface area contributed by atoms with Crippen LogP contribution in [-0.4, -0.2) is 36.9 Å². The number of aryl methyl sites for hydroxylation is 1. The van der Waals surface area contributed by atoms with Crippen LogP contribution < -0.4 is 5.32 Å². The van der Waals surface area contributed by atoms with E-state index in [1.165, 1.54) is 5.56 Å². The zero-order valence-electron chi connectivity index (χ0n) is 16.4. The maximum Gasteiger partial charge on any atom is 0.269 e. The standard InChI is InChI=1S/C22H22N6OS/c29-22(19-13-18(24-25-19)16-9-11-30-14-16)23-17-6-7-20-26-27-21(28(20)10-8-17)12-15-4-2-1-3-5-15/h1-5,9,11,13-14,17H,6-8,10,12H2,(H,23,29)(H,24,25). The monoisotopic (exact) mass is 418 g/mol. The third kappa shape index (κ3) is 3.91. The van der Waals surface area contributed by atoms with Gasteiger partial charge in [0.15, 0.2) is 0 Å². The zero-order valence-corrected chi connectivity index (χ0v) is 17.2. The minimum atomic E-state index is -0.115. The van der Waals surface area contributed by atoms with Crippen molar-refractivity contribution in [1.29, 1.82) is 0 Å². The van der Waals surface area contributed by atoms with Crippen molar-refractivity contribution in [3.05, 3.63) is 76.1 Å². The van der Waals surface area contributed by atoms with E-state index in [2.05, 4.69) is 42.4 Å². The largest absolute Gasteiger partial charge is 0.348 e. The van der Waals surface area contributed by atoms with Crippen molar-refractivity contribution in [2.45, 2.75) is 38.3 Å². The molecule has 4 heterocycles. The van der Waals surface area contributed by atoms with Gasteiger partial charge in [-0.15, -0.1) is 10.2 Å². The molecule has 0 saturated carbocycles. The summed E-state index contributed by atoms with van der Waals surface area (Å²) in [5, 5.41) is 23.1. The predicted molar refractivity (Wildman–Crippen MR) is 115 cm³/mol. The molecule has 0 fully saturated rings. The average Bonchev–Trinajstić information content (AvgIpc) is 3.50. The van der Waals surface area contributed by atoms with Crippen molar-refractivity contribution in [3.63, 3.8) is 0 Å². The Labute approximate surface area is 178 Å². The topological polar surface area (TPSA) is 88.5 Å². The van der Waals surface area contributed by atoms with Gasteiger partial charge in [0, 0.05) is 36.4 Å². The van der Waals surface area contributed by atoms with Crippen LogP contribution in [0.4, 0.5) is 0 Å². The van der Waals surface area contributed by atoms with Gasteiger partial charge in [-0.2, -0.15) is 16.4 Å². The van der Waals surface area contributed by atoms with Crippen LogP contribution in [0.25, 0.3) is 11.3 Å². The van der Waals surface area contributed by atoms with E-state index in [0.29, 0.717) is 5.69 Å². The summed E-state index contributed by atoms with van der Waals surface area (Å²) in [5.41, 5.74) is 3.53. The molecule has 1 amide bonds. The van der Waals surface area contributed by atoms with Crippen molar-refractivity contribution in [1.82, 2.24) is 30.3 Å². The molecule has 1 atom stereocenters. The van der Waals surface area contributed by atoms with Crippen LogP contribution in [0.3, 0.4) is 0 Å². The van der Waals surface area contributed by atoms with Crippen LogP contribution in [-0.2, 0) is 19.4 Å². The molecule has 3 aromatic heterocycles. The highest BCUT2D eigenvalue weighted by Gasteiger charge is 2.22. The number of aromatic amines is 1. The first-order valence-electron chi connectivity index (χ1n) is 10.1. The van der Waals surface area contributed by atoms with Gasteiger partial charge in [-0.3, -0.25) is 9.89 Å². The fourth-order valence-corrected chi connectivity index (χ4v) is 4.51. The Balaban J connectivity index is 1.23. The summed E-state index contributed by atoms with van der Waals surface area (Å²) in [6.45, 7) is 0.804. The second-order valence-corrected chi connectivity index (χ2v) is 8.30. The summed E-state index contributed by atoms with van der Waals surface area (Å²) in [5.74, 6) is 1.87. The first-order valence-corrected chi connectivity index (χ1v) is 11.0. The van der Waals surface area contributed by atoms with E-state index >= 15 is 0 Å². The maximum absolute atomic E-state index is 12.7. The van der Waals surface area contributed by atoms with Crippen molar-refractivity contribution in [2.24, 2.45) is 0 Å². The van der Waals surface area contributed by atoms with Gasteiger partial charge in [0.1, 0.15) is 17.3 Å². The van der Waals surface area contributed by atoms with Crippen LogP contribution in [0.5, 0.6) is 0 Å².